The number of ether oxygens (including phenoxy) is 2. The molecule has 0 unspecified atom stereocenters. The molecule has 0 bridgehead atoms. The van der Waals surface area contributed by atoms with Crippen molar-refractivity contribution in [2.45, 2.75) is 6.54 Å². The van der Waals surface area contributed by atoms with Crippen LogP contribution in [0.25, 0.3) is 10.2 Å². The Morgan fingerprint density at radius 3 is 2.33 bits per heavy atom. The zero-order chi connectivity index (χ0) is 21.1. The molecule has 0 saturated carbocycles. The number of nitrogens with zero attached hydrogens (tertiary/aromatic N) is 2. The highest BCUT2D eigenvalue weighted by atomic mass is 127. The van der Waals surface area contributed by atoms with Crippen LogP contribution in [0.5, 0.6) is 11.5 Å². The Hall–Kier alpha value is -2.65. The largest absolute Gasteiger partial charge is 0.495 e. The lowest BCUT2D eigenvalue weighted by Crippen LogP contribution is -2.30. The molecular weight excluding hydrogens is 511 g/mol. The lowest BCUT2D eigenvalue weighted by Gasteiger charge is -2.20. The van der Waals surface area contributed by atoms with Gasteiger partial charge in [0.2, 0.25) is 0 Å². The molecule has 7 heteroatoms. The zero-order valence-corrected chi connectivity index (χ0v) is 19.4. The van der Waals surface area contributed by atoms with E-state index >= 15 is 0 Å². The molecule has 1 heterocycles. The number of rotatable bonds is 6. The van der Waals surface area contributed by atoms with E-state index in [9.17, 15) is 4.79 Å². The van der Waals surface area contributed by atoms with Crippen LogP contribution < -0.4 is 14.4 Å². The maximum absolute atomic E-state index is 13.6. The molecule has 1 amide bonds. The Bertz CT molecular complexity index is 1150. The molecule has 0 atom stereocenters. The molecule has 5 nitrogen and oxygen atoms in total. The fraction of sp³-hybridized carbons (Fsp3) is 0.130. The van der Waals surface area contributed by atoms with E-state index in [4.69, 9.17) is 14.5 Å². The molecule has 4 aromatic rings. The van der Waals surface area contributed by atoms with E-state index in [-0.39, 0.29) is 5.91 Å². The number of methoxy groups -OCH3 is 2. The van der Waals surface area contributed by atoms with E-state index in [1.807, 2.05) is 66.7 Å². The maximum atomic E-state index is 13.6. The minimum absolute atomic E-state index is 0.0964. The van der Waals surface area contributed by atoms with Crippen molar-refractivity contribution in [3.63, 3.8) is 0 Å². The second-order valence-corrected chi connectivity index (χ2v) is 8.64. The molecule has 0 radical (unpaired) electrons. The number of carbonyl (C=O) groups is 1. The van der Waals surface area contributed by atoms with Crippen LogP contribution in [0.4, 0.5) is 5.13 Å². The number of aromatic nitrogens is 1. The Balaban J connectivity index is 1.85. The van der Waals surface area contributed by atoms with Gasteiger partial charge in [-0.25, -0.2) is 4.98 Å². The number of hydrogen-bond donors (Lipinski definition) is 0. The number of carbonyl (C=O) groups excluding carboxylic acids is 1. The van der Waals surface area contributed by atoms with Gasteiger partial charge in [-0.05, 0) is 52.4 Å². The highest BCUT2D eigenvalue weighted by molar-refractivity contribution is 14.1. The number of hydrogen-bond acceptors (Lipinski definition) is 5. The average molecular weight is 530 g/mol. The number of benzene rings is 3. The van der Waals surface area contributed by atoms with Gasteiger partial charge in [0.25, 0.3) is 5.91 Å². The highest BCUT2D eigenvalue weighted by Crippen LogP contribution is 2.40. The molecule has 4 rings (SSSR count). The van der Waals surface area contributed by atoms with Gasteiger partial charge < -0.3 is 9.47 Å². The van der Waals surface area contributed by atoms with Crippen molar-refractivity contribution < 1.29 is 14.3 Å². The van der Waals surface area contributed by atoms with E-state index in [0.29, 0.717) is 34.3 Å². The summed E-state index contributed by atoms with van der Waals surface area (Å²) in [5.74, 6) is 1.26. The minimum Gasteiger partial charge on any atom is -0.495 e. The van der Waals surface area contributed by atoms with Crippen LogP contribution in [0.3, 0.4) is 0 Å². The van der Waals surface area contributed by atoms with E-state index in [1.165, 1.54) is 11.3 Å². The average Bonchev–Trinajstić information content (AvgIpc) is 3.22. The van der Waals surface area contributed by atoms with Crippen LogP contribution in [0.1, 0.15) is 15.9 Å². The van der Waals surface area contributed by atoms with Gasteiger partial charge in [-0.1, -0.05) is 53.8 Å². The van der Waals surface area contributed by atoms with Gasteiger partial charge in [0, 0.05) is 3.57 Å². The highest BCUT2D eigenvalue weighted by Gasteiger charge is 2.25. The molecule has 0 N–H and O–H groups in total. The topological polar surface area (TPSA) is 51.7 Å². The minimum atomic E-state index is -0.0964. The van der Waals surface area contributed by atoms with Gasteiger partial charge in [-0.15, -0.1) is 0 Å². The molecule has 0 saturated heterocycles. The van der Waals surface area contributed by atoms with Crippen LogP contribution in [0.15, 0.2) is 66.7 Å². The fourth-order valence-corrected chi connectivity index (χ4v) is 4.85. The van der Waals surface area contributed by atoms with Crippen molar-refractivity contribution in [3.8, 4) is 11.5 Å². The van der Waals surface area contributed by atoms with Crippen molar-refractivity contribution in [2.24, 2.45) is 0 Å². The summed E-state index contributed by atoms with van der Waals surface area (Å²) < 4.78 is 12.7. The molecule has 0 spiro atoms. The normalized spacial score (nSPS) is 10.8. The molecular formula is C23H19IN2O3S. The van der Waals surface area contributed by atoms with Crippen molar-refractivity contribution >= 4 is 55.2 Å². The first-order valence-corrected chi connectivity index (χ1v) is 11.1. The Morgan fingerprint density at radius 1 is 0.967 bits per heavy atom. The number of anilines is 1. The Morgan fingerprint density at radius 2 is 1.63 bits per heavy atom. The predicted molar refractivity (Wildman–Crippen MR) is 129 cm³/mol. The molecule has 0 fully saturated rings. The molecule has 1 aromatic heterocycles. The third-order valence-corrected chi connectivity index (χ3v) is 6.70. The Labute approximate surface area is 192 Å². The molecule has 30 heavy (non-hydrogen) atoms. The third kappa shape index (κ3) is 3.99. The van der Waals surface area contributed by atoms with E-state index in [2.05, 4.69) is 22.6 Å². The standard InChI is InChI=1S/C23H19IN2O3S/c1-28-18-12-13-19(29-2)21-20(18)25-23(30-21)26(14-15-8-4-3-5-9-15)22(27)16-10-6-7-11-17(16)24/h3-13H,14H2,1-2H3. The van der Waals surface area contributed by atoms with Crippen LogP contribution >= 0.6 is 33.9 Å². The summed E-state index contributed by atoms with van der Waals surface area (Å²) in [5, 5.41) is 0.598. The van der Waals surface area contributed by atoms with Crippen molar-refractivity contribution in [3.05, 3.63) is 81.4 Å². The molecule has 0 aliphatic heterocycles. The molecule has 3 aromatic carbocycles. The number of thiazole rings is 1. The summed E-state index contributed by atoms with van der Waals surface area (Å²) in [5.41, 5.74) is 2.35. The van der Waals surface area contributed by atoms with Gasteiger partial charge >= 0.3 is 0 Å². The zero-order valence-electron chi connectivity index (χ0n) is 16.5. The Kier molecular flexibility index (Phi) is 6.19. The van der Waals surface area contributed by atoms with Gasteiger partial charge in [0.05, 0.1) is 26.3 Å². The van der Waals surface area contributed by atoms with Gasteiger partial charge in [-0.2, -0.15) is 0 Å². The second kappa shape index (κ2) is 9.01. The summed E-state index contributed by atoms with van der Waals surface area (Å²) in [7, 11) is 3.24. The molecule has 0 aliphatic rings. The summed E-state index contributed by atoms with van der Waals surface area (Å²) >= 11 is 3.61. The van der Waals surface area contributed by atoms with E-state index in [1.54, 1.807) is 19.1 Å². The van der Waals surface area contributed by atoms with Gasteiger partial charge in [0.1, 0.15) is 21.7 Å². The predicted octanol–water partition coefficient (Wildman–Crippen LogP) is 5.77. The first-order chi connectivity index (χ1) is 14.6. The lowest BCUT2D eigenvalue weighted by molar-refractivity contribution is 0.0984. The summed E-state index contributed by atoms with van der Waals surface area (Å²) in [6, 6.07) is 21.2. The van der Waals surface area contributed by atoms with Crippen LogP contribution in [0.2, 0.25) is 0 Å². The monoisotopic (exact) mass is 530 g/mol. The summed E-state index contributed by atoms with van der Waals surface area (Å²) in [4.78, 5) is 20.1. The number of fused-ring (bicyclic) bond motifs is 1. The first-order valence-electron chi connectivity index (χ1n) is 9.24. The van der Waals surface area contributed by atoms with Gasteiger partial charge in [-0.3, -0.25) is 9.69 Å². The van der Waals surface area contributed by atoms with Crippen molar-refractivity contribution in [1.29, 1.82) is 0 Å². The number of halogens is 1. The quantitative estimate of drug-likeness (QED) is 0.298. The third-order valence-electron chi connectivity index (χ3n) is 4.66. The van der Waals surface area contributed by atoms with Gasteiger partial charge in [0.15, 0.2) is 5.13 Å². The fourth-order valence-electron chi connectivity index (χ4n) is 3.16. The van der Waals surface area contributed by atoms with Crippen molar-refractivity contribution in [1.82, 2.24) is 4.98 Å². The van der Waals surface area contributed by atoms with Crippen LogP contribution in [0, 0.1) is 3.57 Å². The van der Waals surface area contributed by atoms with Crippen LogP contribution in [-0.2, 0) is 6.54 Å². The maximum Gasteiger partial charge on any atom is 0.261 e. The lowest BCUT2D eigenvalue weighted by atomic mass is 10.1. The number of amides is 1. The molecule has 152 valence electrons. The first kappa shape index (κ1) is 20.6. The summed E-state index contributed by atoms with van der Waals surface area (Å²) in [6.45, 7) is 0.412. The molecule has 0 aliphatic carbocycles. The van der Waals surface area contributed by atoms with Crippen molar-refractivity contribution in [2.75, 3.05) is 19.1 Å². The second-order valence-electron chi connectivity index (χ2n) is 6.50. The SMILES string of the molecule is COc1ccc(OC)c2sc(N(Cc3ccccc3)C(=O)c3ccccc3I)nc12. The summed E-state index contributed by atoms with van der Waals surface area (Å²) in [6.07, 6.45) is 0. The van der Waals surface area contributed by atoms with E-state index in [0.717, 1.165) is 13.8 Å². The van der Waals surface area contributed by atoms with Crippen LogP contribution in [-0.4, -0.2) is 25.1 Å². The smallest absolute Gasteiger partial charge is 0.261 e. The van der Waals surface area contributed by atoms with E-state index < -0.39 is 0 Å².